The summed E-state index contributed by atoms with van der Waals surface area (Å²) in [5, 5.41) is 124. The standard InChI is InChI=1S/C28H48O4.C28H48O3.C24H40O5.C24H40O4.C24H40O3/c1-17(7-12-25(31)32-26(2,3)4)21-10-11-22-20-9-8-18-15-19(29)13-14-27(18,5)23(20)16-24(30)28(21,22)6;1-18(7-12-25(30)31-26(2,3)4)22-10-11-23-21-9-8-19-17-20(29)13-15-27(19,5)24(21)14-16-28(22,23)6;1-13(4-7-21(28)29)16-5-6-17-22-18(12-20(27)24(16,17)3)23(2)9-8-15(25)10-14(23)11-19(22)26;1-14(4-9-22(27)28)18-7-8-19-17-6-5-15-12-16(25)10-11-23(15,2)20(17)13-21(26)24(18,19)3;1-15(4-9-22(26)27)19-7-8-20-18-6-5-16-14-17(25)10-12-23(16,2)21(18)11-13-24(19,20)3/h17-24,29-30H,7-16H2,1-6H3;18-24,29H,7-17H2,1-6H3;13-20,22,25-27H,4-12H2,1-3H3,(H,28,29);14-21,25-26H,4-13H2,1-3H3,(H,27,28);15-21,25H,4-14H2,1-3H3,(H,26,27)/t17-,18-,19-,20+,21-,22+,23+,24+,27+,28-;18-,19-,20-,21+,22-,23+,24+,27+,28-;13?,14-,15+,16?,17-,18-,19+,20-,22?,23-,24+;14?,15-,16-,17?,18?,19+,20+,21+,23+,24-;15?,16-,17-,18?,19?,20+,21+,23+,24-/m11011/s1. The molecule has 0 aromatic heterocycles. The predicted molar refractivity (Wildman–Crippen MR) is 578 cm³/mol. The van der Waals surface area contributed by atoms with Crippen LogP contribution in [0.3, 0.4) is 0 Å². The van der Waals surface area contributed by atoms with Gasteiger partial charge in [-0.3, -0.25) is 24.0 Å². The van der Waals surface area contributed by atoms with Crippen molar-refractivity contribution in [2.45, 2.75) is 539 Å². The molecule has 0 saturated heterocycles. The molecule has 0 bridgehead atoms. The van der Waals surface area contributed by atoms with Gasteiger partial charge in [0, 0.05) is 32.1 Å². The van der Waals surface area contributed by atoms with E-state index in [2.05, 4.69) is 104 Å². The lowest BCUT2D eigenvalue weighted by Gasteiger charge is -2.63. The van der Waals surface area contributed by atoms with E-state index in [1.54, 1.807) is 0 Å². The van der Waals surface area contributed by atoms with E-state index >= 15 is 0 Å². The summed E-state index contributed by atoms with van der Waals surface area (Å²) in [5.74, 6) is 15.4. The second-order valence-corrected chi connectivity index (χ2v) is 60.9. The van der Waals surface area contributed by atoms with Gasteiger partial charge in [-0.25, -0.2) is 0 Å². The highest BCUT2D eigenvalue weighted by atomic mass is 16.6. The first-order valence-electron chi connectivity index (χ1n) is 62.0. The van der Waals surface area contributed by atoms with E-state index in [0.29, 0.717) is 160 Å². The molecular formula is C128H216O19. The Labute approximate surface area is 890 Å². The van der Waals surface area contributed by atoms with Crippen molar-refractivity contribution in [3.05, 3.63) is 0 Å². The van der Waals surface area contributed by atoms with E-state index in [0.717, 1.165) is 207 Å². The number of carbonyl (C=O) groups excluding carboxylic acids is 2. The van der Waals surface area contributed by atoms with E-state index in [9.17, 15) is 69.9 Å². The Morgan fingerprint density at radius 1 is 0.252 bits per heavy atom. The average Bonchev–Trinajstić information content (AvgIpc) is 1.17. The van der Waals surface area contributed by atoms with Crippen molar-refractivity contribution in [3.63, 3.8) is 0 Å². The predicted octanol–water partition coefficient (Wildman–Crippen LogP) is 25.9. The lowest BCUT2D eigenvalue weighted by molar-refractivity contribution is -0.207. The first-order chi connectivity index (χ1) is 68.8. The Bertz CT molecular complexity index is 4440. The molecular weight excluding hydrogens is 1840 g/mol. The molecule has 19 nitrogen and oxygen atoms in total. The van der Waals surface area contributed by atoms with Crippen molar-refractivity contribution in [1.29, 1.82) is 0 Å². The van der Waals surface area contributed by atoms with E-state index < -0.39 is 29.6 Å². The van der Waals surface area contributed by atoms with Gasteiger partial charge < -0.3 is 70.8 Å². The minimum absolute atomic E-state index is 0.0338. The highest BCUT2D eigenvalue weighted by Crippen LogP contribution is 2.76. The Balaban J connectivity index is 0.000000131. The lowest BCUT2D eigenvalue weighted by Crippen LogP contribution is -2.62. The Hall–Kier alpha value is -3.01. The fourth-order valence-electron chi connectivity index (χ4n) is 44.4. The number of fused-ring (bicyclic) bond motifs is 25. The summed E-state index contributed by atoms with van der Waals surface area (Å²) < 4.78 is 11.1. The second-order valence-electron chi connectivity index (χ2n) is 60.9. The maximum absolute atomic E-state index is 12.3. The van der Waals surface area contributed by atoms with Crippen LogP contribution < -0.4 is 0 Å². The molecule has 20 saturated carbocycles. The molecule has 0 aromatic rings. The number of aliphatic hydroxyl groups is 9. The van der Waals surface area contributed by atoms with Crippen LogP contribution in [0.4, 0.5) is 0 Å². The molecule has 20 aliphatic rings. The summed E-state index contributed by atoms with van der Waals surface area (Å²) in [6, 6.07) is 0. The van der Waals surface area contributed by atoms with Crippen LogP contribution in [0.5, 0.6) is 0 Å². The summed E-state index contributed by atoms with van der Waals surface area (Å²) >= 11 is 0. The van der Waals surface area contributed by atoms with Gasteiger partial charge in [0.15, 0.2) is 0 Å². The SMILES string of the molecule is CC(CCC(=O)O)C1CC[C@H]2C3CC[C@@H]4C[C@H](O)CC[C@]4(C)[C@H]3CC[C@]12C.CC(CCC(=O)O)C1CC[C@H]2C3CC[C@@H]4C[C@H](O)CC[C@]4(C)[C@H]3C[C@H](O)[C@]12C.CC(CCC(=O)O)C1CC[C@H]2C3[C@H](O)C[C@@H]4C[C@H](O)CC[C@]4(C)[C@H]3C[C@H](O)[C@]12C.C[C@H](CCC(=O)OC(C)(C)C)[C@H]1CC[C@H]2[C@@H]3CC[C@@H]4C[C@H](O)CC[C@]4(C)[C@H]3CC[C@]12C.C[C@H](CCC(=O)OC(C)(C)C)[C@H]1CC[C@H]2[C@@H]3CC[C@@H]4C[C@H](O)CC[C@]4(C)[C@H]3C[C@H](O)[C@]12C. The van der Waals surface area contributed by atoms with E-state index in [-0.39, 0.29) is 124 Å². The van der Waals surface area contributed by atoms with Gasteiger partial charge in [0.05, 0.1) is 54.9 Å². The molecule has 0 aromatic carbocycles. The molecule has 12 N–H and O–H groups in total. The molecule has 842 valence electrons. The molecule has 20 aliphatic carbocycles. The topological polar surface area (TPSA) is 347 Å². The Morgan fingerprint density at radius 3 is 0.803 bits per heavy atom. The maximum atomic E-state index is 12.3. The van der Waals surface area contributed by atoms with Gasteiger partial charge in [0.1, 0.15) is 11.2 Å². The monoisotopic (exact) mass is 2060 g/mol. The number of hydrogen-bond acceptors (Lipinski definition) is 16. The highest BCUT2D eigenvalue weighted by Gasteiger charge is 2.71. The van der Waals surface area contributed by atoms with Crippen LogP contribution in [-0.2, 0) is 33.4 Å². The molecule has 9 unspecified atom stereocenters. The Kier molecular flexibility index (Phi) is 35.4. The van der Waals surface area contributed by atoms with Crippen molar-refractivity contribution in [2.75, 3.05) is 0 Å². The van der Waals surface area contributed by atoms with Crippen molar-refractivity contribution in [1.82, 2.24) is 0 Å². The summed E-state index contributed by atoms with van der Waals surface area (Å²) in [7, 11) is 0. The smallest absolute Gasteiger partial charge is 0.306 e. The molecule has 0 radical (unpaired) electrons. The van der Waals surface area contributed by atoms with Crippen LogP contribution in [-0.4, -0.2) is 157 Å². The summed E-state index contributed by atoms with van der Waals surface area (Å²) in [5.41, 5.74) is 1.31. The van der Waals surface area contributed by atoms with E-state index in [1.807, 2.05) is 41.5 Å². The summed E-state index contributed by atoms with van der Waals surface area (Å²) in [4.78, 5) is 57.7. The number of carbonyl (C=O) groups is 5. The van der Waals surface area contributed by atoms with Crippen LogP contribution in [0.25, 0.3) is 0 Å². The minimum Gasteiger partial charge on any atom is -0.481 e. The first-order valence-corrected chi connectivity index (χ1v) is 62.0. The van der Waals surface area contributed by atoms with Crippen molar-refractivity contribution in [3.8, 4) is 0 Å². The number of carboxylic acids is 3. The van der Waals surface area contributed by atoms with Gasteiger partial charge in [0.2, 0.25) is 0 Å². The minimum atomic E-state index is -0.748. The maximum Gasteiger partial charge on any atom is 0.306 e. The van der Waals surface area contributed by atoms with Crippen molar-refractivity contribution < 1.29 is 94.7 Å². The quantitative estimate of drug-likeness (QED) is 0.0504. The molecule has 0 amide bonds. The fraction of sp³-hybridized carbons (Fsp3) is 0.961. The molecule has 0 heterocycles. The number of hydrogen-bond donors (Lipinski definition) is 12. The largest absolute Gasteiger partial charge is 0.481 e. The normalized spacial score (nSPS) is 49.5. The third-order valence-electron chi connectivity index (χ3n) is 52.2. The van der Waals surface area contributed by atoms with Crippen molar-refractivity contribution in [2.24, 2.45) is 232 Å². The summed E-state index contributed by atoms with van der Waals surface area (Å²) in [6.45, 7) is 47.5. The van der Waals surface area contributed by atoms with Gasteiger partial charge in [-0.05, 0) is 569 Å². The summed E-state index contributed by atoms with van der Waals surface area (Å²) in [6.07, 6.45) is 50.5. The zero-order valence-electron chi connectivity index (χ0n) is 96.3. The molecule has 20 rings (SSSR count). The number of rotatable bonds is 20. The number of ether oxygens (including phenoxy) is 2. The third-order valence-corrected chi connectivity index (χ3v) is 52.2. The number of esters is 2. The molecule has 0 spiro atoms. The second kappa shape index (κ2) is 44.7. The van der Waals surface area contributed by atoms with Crippen LogP contribution in [0.1, 0.15) is 473 Å². The van der Waals surface area contributed by atoms with Gasteiger partial charge in [-0.15, -0.1) is 0 Å². The zero-order chi connectivity index (χ0) is 107. The van der Waals surface area contributed by atoms with Crippen LogP contribution in [0.2, 0.25) is 0 Å². The first kappa shape index (κ1) is 116. The molecule has 147 heavy (non-hydrogen) atoms. The van der Waals surface area contributed by atoms with Gasteiger partial charge in [-0.2, -0.15) is 0 Å². The van der Waals surface area contributed by atoms with Gasteiger partial charge >= 0.3 is 29.8 Å². The van der Waals surface area contributed by atoms with E-state index in [4.69, 9.17) is 24.8 Å². The van der Waals surface area contributed by atoms with Crippen LogP contribution >= 0.6 is 0 Å². The third kappa shape index (κ3) is 22.3. The van der Waals surface area contributed by atoms with E-state index in [1.165, 1.54) is 135 Å². The highest BCUT2D eigenvalue weighted by molar-refractivity contribution is 5.70. The lowest BCUT2D eigenvalue weighted by atomic mass is 9.43. The molecule has 0 aliphatic heterocycles. The molecule has 20 fully saturated rings. The number of carboxylic acid groups (broad SMARTS) is 3. The molecule has 49 atom stereocenters. The molecule has 19 heteroatoms. The zero-order valence-corrected chi connectivity index (χ0v) is 96.3. The van der Waals surface area contributed by atoms with Crippen LogP contribution in [0, 0.1) is 232 Å². The van der Waals surface area contributed by atoms with Gasteiger partial charge in [-0.1, -0.05) is 104 Å². The average molecular weight is 2060 g/mol. The number of aliphatic carboxylic acids is 3. The van der Waals surface area contributed by atoms with Crippen LogP contribution in [0.15, 0.2) is 0 Å². The van der Waals surface area contributed by atoms with Crippen molar-refractivity contribution >= 4 is 29.8 Å². The fourth-order valence-corrected chi connectivity index (χ4v) is 44.4. The Morgan fingerprint density at radius 2 is 0.490 bits per heavy atom. The van der Waals surface area contributed by atoms with Gasteiger partial charge in [0.25, 0.3) is 0 Å². The number of aliphatic hydroxyl groups excluding tert-OH is 9.